The lowest BCUT2D eigenvalue weighted by atomic mass is 9.92. The molecule has 0 aliphatic carbocycles. The van der Waals surface area contributed by atoms with Gasteiger partial charge in [0.05, 0.1) is 6.61 Å². The molecule has 0 bridgehead atoms. The average Bonchev–Trinajstić information content (AvgIpc) is 2.67. The largest absolute Gasteiger partial charge is 0.494 e. The molecule has 1 aromatic rings. The molecule has 2 atom stereocenters. The fraction of sp³-hybridized carbons (Fsp3) is 0.571. The fourth-order valence-electron chi connectivity index (χ4n) is 2.44. The van der Waals surface area contributed by atoms with Gasteiger partial charge in [-0.05, 0) is 44.7 Å². The molecule has 18 heavy (non-hydrogen) atoms. The van der Waals surface area contributed by atoms with Gasteiger partial charge in [0, 0.05) is 12.1 Å². The molecule has 2 N–H and O–H groups in total. The van der Waals surface area contributed by atoms with Crippen molar-refractivity contribution < 1.29 is 4.74 Å². The van der Waals surface area contributed by atoms with Gasteiger partial charge < -0.3 is 4.74 Å². The van der Waals surface area contributed by atoms with Crippen molar-refractivity contribution in [2.24, 2.45) is 5.92 Å². The number of hydrogen-bond acceptors (Lipinski definition) is 3. The van der Waals surface area contributed by atoms with Crippen molar-refractivity contribution in [1.82, 2.24) is 10.9 Å². The summed E-state index contributed by atoms with van der Waals surface area (Å²) in [5, 5.41) is 0. The van der Waals surface area contributed by atoms with E-state index in [0.717, 1.165) is 18.8 Å². The Morgan fingerprint density at radius 1 is 1.06 bits per heavy atom. The van der Waals surface area contributed by atoms with Crippen LogP contribution in [0, 0.1) is 5.92 Å². The molecule has 3 nitrogen and oxygen atoms in total. The maximum atomic E-state index is 5.70. The molecule has 2 unspecified atom stereocenters. The van der Waals surface area contributed by atoms with Crippen LogP contribution >= 0.6 is 12.4 Å². The SMILES string of the molecule is CC1NNC(C)C1CCCOc1ccccc1.Cl. The second-order valence-corrected chi connectivity index (χ2v) is 4.83. The molecule has 0 saturated carbocycles. The molecular weight excluding hydrogens is 248 g/mol. The normalized spacial score (nSPS) is 26.7. The summed E-state index contributed by atoms with van der Waals surface area (Å²) >= 11 is 0. The minimum atomic E-state index is 0. The number of hydrogen-bond donors (Lipinski definition) is 2. The minimum Gasteiger partial charge on any atom is -0.494 e. The molecule has 0 aromatic heterocycles. The maximum Gasteiger partial charge on any atom is 0.119 e. The van der Waals surface area contributed by atoms with Crippen molar-refractivity contribution in [3.05, 3.63) is 30.3 Å². The molecule has 2 rings (SSSR count). The van der Waals surface area contributed by atoms with Crippen LogP contribution in [0.5, 0.6) is 5.75 Å². The van der Waals surface area contributed by atoms with Gasteiger partial charge in [-0.2, -0.15) is 0 Å². The highest BCUT2D eigenvalue weighted by Gasteiger charge is 2.28. The molecule has 1 aromatic carbocycles. The zero-order chi connectivity index (χ0) is 12.1. The summed E-state index contributed by atoms with van der Waals surface area (Å²) in [5.41, 5.74) is 6.57. The van der Waals surface area contributed by atoms with Crippen LogP contribution in [0.4, 0.5) is 0 Å². The number of rotatable bonds is 5. The van der Waals surface area contributed by atoms with Gasteiger partial charge in [0.2, 0.25) is 0 Å². The van der Waals surface area contributed by atoms with Gasteiger partial charge in [-0.25, -0.2) is 0 Å². The van der Waals surface area contributed by atoms with Gasteiger partial charge >= 0.3 is 0 Å². The second kappa shape index (κ2) is 7.62. The predicted octanol–water partition coefficient (Wildman–Crippen LogP) is 2.77. The van der Waals surface area contributed by atoms with Gasteiger partial charge in [0.25, 0.3) is 0 Å². The second-order valence-electron chi connectivity index (χ2n) is 4.83. The van der Waals surface area contributed by atoms with Crippen LogP contribution in [0.25, 0.3) is 0 Å². The first-order valence-corrected chi connectivity index (χ1v) is 6.46. The molecule has 0 spiro atoms. The van der Waals surface area contributed by atoms with E-state index in [1.165, 1.54) is 6.42 Å². The molecule has 102 valence electrons. The molecular formula is C14H23ClN2O. The first kappa shape index (κ1) is 15.3. The third-order valence-electron chi connectivity index (χ3n) is 3.52. The minimum absolute atomic E-state index is 0. The van der Waals surface area contributed by atoms with Gasteiger partial charge in [0.15, 0.2) is 0 Å². The van der Waals surface area contributed by atoms with E-state index in [0.29, 0.717) is 18.0 Å². The molecule has 1 heterocycles. The predicted molar refractivity (Wildman–Crippen MR) is 77.1 cm³/mol. The zero-order valence-electron chi connectivity index (χ0n) is 11.1. The Kier molecular flexibility index (Phi) is 6.47. The van der Waals surface area contributed by atoms with Crippen LogP contribution in [0.1, 0.15) is 26.7 Å². The van der Waals surface area contributed by atoms with Crippen LogP contribution in [0.3, 0.4) is 0 Å². The van der Waals surface area contributed by atoms with Crippen molar-refractivity contribution in [1.29, 1.82) is 0 Å². The van der Waals surface area contributed by atoms with Crippen LogP contribution < -0.4 is 15.6 Å². The van der Waals surface area contributed by atoms with E-state index in [1.54, 1.807) is 0 Å². The molecule has 1 saturated heterocycles. The number of benzene rings is 1. The molecule has 0 amide bonds. The van der Waals surface area contributed by atoms with Crippen LogP contribution in [-0.2, 0) is 0 Å². The topological polar surface area (TPSA) is 33.3 Å². The number of nitrogens with one attached hydrogen (secondary N) is 2. The van der Waals surface area contributed by atoms with E-state index in [2.05, 4.69) is 24.7 Å². The number of halogens is 1. The fourth-order valence-corrected chi connectivity index (χ4v) is 2.44. The Morgan fingerprint density at radius 2 is 1.67 bits per heavy atom. The van der Waals surface area contributed by atoms with E-state index < -0.39 is 0 Å². The van der Waals surface area contributed by atoms with Gasteiger partial charge in [-0.1, -0.05) is 18.2 Å². The van der Waals surface area contributed by atoms with E-state index in [4.69, 9.17) is 4.74 Å². The van der Waals surface area contributed by atoms with Crippen LogP contribution in [0.2, 0.25) is 0 Å². The lowest BCUT2D eigenvalue weighted by Gasteiger charge is -2.17. The van der Waals surface area contributed by atoms with Crippen molar-refractivity contribution in [2.75, 3.05) is 6.61 Å². The summed E-state index contributed by atoms with van der Waals surface area (Å²) in [7, 11) is 0. The van der Waals surface area contributed by atoms with Crippen molar-refractivity contribution in [3.8, 4) is 5.75 Å². The summed E-state index contributed by atoms with van der Waals surface area (Å²) in [4.78, 5) is 0. The molecule has 1 fully saturated rings. The van der Waals surface area contributed by atoms with E-state index >= 15 is 0 Å². The molecule has 1 aliphatic rings. The van der Waals surface area contributed by atoms with E-state index in [1.807, 2.05) is 30.3 Å². The Bertz CT molecular complexity index is 324. The van der Waals surface area contributed by atoms with Crippen molar-refractivity contribution in [3.63, 3.8) is 0 Å². The quantitative estimate of drug-likeness (QED) is 0.808. The van der Waals surface area contributed by atoms with Gasteiger partial charge in [0.1, 0.15) is 5.75 Å². The smallest absolute Gasteiger partial charge is 0.119 e. The van der Waals surface area contributed by atoms with E-state index in [-0.39, 0.29) is 12.4 Å². The lowest BCUT2D eigenvalue weighted by Crippen LogP contribution is -2.30. The Hall–Kier alpha value is -0.770. The third kappa shape index (κ3) is 4.16. The summed E-state index contributed by atoms with van der Waals surface area (Å²) < 4.78 is 5.70. The number of ether oxygens (including phenoxy) is 1. The Morgan fingerprint density at radius 3 is 2.28 bits per heavy atom. The number of para-hydroxylation sites is 1. The summed E-state index contributed by atoms with van der Waals surface area (Å²) in [6, 6.07) is 11.1. The summed E-state index contributed by atoms with van der Waals surface area (Å²) in [6.07, 6.45) is 2.31. The van der Waals surface area contributed by atoms with Crippen LogP contribution in [-0.4, -0.2) is 18.7 Å². The lowest BCUT2D eigenvalue weighted by molar-refractivity contribution is 0.283. The highest BCUT2D eigenvalue weighted by molar-refractivity contribution is 5.85. The first-order valence-electron chi connectivity index (χ1n) is 6.46. The monoisotopic (exact) mass is 270 g/mol. The first-order chi connectivity index (χ1) is 8.27. The van der Waals surface area contributed by atoms with Gasteiger partial charge in [-0.3, -0.25) is 10.9 Å². The molecule has 4 heteroatoms. The van der Waals surface area contributed by atoms with Crippen molar-refractivity contribution in [2.45, 2.75) is 38.8 Å². The van der Waals surface area contributed by atoms with Crippen LogP contribution in [0.15, 0.2) is 30.3 Å². The Balaban J connectivity index is 0.00000162. The molecule has 0 radical (unpaired) electrons. The zero-order valence-corrected chi connectivity index (χ0v) is 11.9. The Labute approximate surface area is 116 Å². The maximum absolute atomic E-state index is 5.70. The van der Waals surface area contributed by atoms with E-state index in [9.17, 15) is 0 Å². The average molecular weight is 271 g/mol. The highest BCUT2D eigenvalue weighted by atomic mass is 35.5. The van der Waals surface area contributed by atoms with Crippen molar-refractivity contribution >= 4 is 12.4 Å². The number of hydrazine groups is 1. The highest BCUT2D eigenvalue weighted by Crippen LogP contribution is 2.20. The summed E-state index contributed by atoms with van der Waals surface area (Å²) in [5.74, 6) is 1.67. The standard InChI is InChI=1S/C14H22N2O.ClH/c1-11-14(12(2)16-15-11)9-6-10-17-13-7-4-3-5-8-13;/h3-5,7-8,11-12,14-16H,6,9-10H2,1-2H3;1H. The van der Waals surface area contributed by atoms with Gasteiger partial charge in [-0.15, -0.1) is 12.4 Å². The molecule has 1 aliphatic heterocycles. The summed E-state index contributed by atoms with van der Waals surface area (Å²) in [6.45, 7) is 5.28. The third-order valence-corrected chi connectivity index (χ3v) is 3.52.